The van der Waals surface area contributed by atoms with Gasteiger partial charge in [-0.05, 0) is 181 Å². The molecule has 0 radical (unpaired) electrons. The van der Waals surface area contributed by atoms with Crippen LogP contribution in [-0.2, 0) is 11.8 Å². The van der Waals surface area contributed by atoms with Gasteiger partial charge in [-0.1, -0.05) is 311 Å². The number of allylic oxidation sites excluding steroid dienone is 2. The SMILES string of the molecule is CC(C)C(CCc1ccccc1)c1ccccc1.CC(C)C(c1ccccc1)c1cccs1.CC(C)C1(c2ccccc2)CCCC1.CC(C)CC1(O)CCCCC1.CC1=C(CC(C)C)C(C)(C)CCC1.CCCC(c1ccccc1)C(C)C. The molecule has 1 nitrogen and oxygen atoms in total. The van der Waals surface area contributed by atoms with Gasteiger partial charge in [0.2, 0.25) is 0 Å². The summed E-state index contributed by atoms with van der Waals surface area (Å²) in [5.41, 5.74) is 11.5. The summed E-state index contributed by atoms with van der Waals surface area (Å²) in [6.07, 6.45) is 22.8. The molecule has 3 unspecified atom stereocenters. The first kappa shape index (κ1) is 72.0. The average Bonchev–Trinajstić information content (AvgIpc) is 4.39. The van der Waals surface area contributed by atoms with Crippen molar-refractivity contribution in [3.63, 3.8) is 0 Å². The monoisotopic (exact) mass is 1150 g/mol. The quantitative estimate of drug-likeness (QED) is 0.0851. The zero-order valence-electron chi connectivity index (χ0n) is 56.4. The Morgan fingerprint density at radius 2 is 0.940 bits per heavy atom. The van der Waals surface area contributed by atoms with Crippen molar-refractivity contribution in [3.05, 3.63) is 213 Å². The second kappa shape index (κ2) is 37.9. The third-order valence-electron chi connectivity index (χ3n) is 18.7. The van der Waals surface area contributed by atoms with Crippen LogP contribution in [0.2, 0.25) is 0 Å². The standard InChI is InChI=1S/C18H22.C14H16S.C14H20.C13H24.C13H20.C10H20O/c1-15(2)18(17-11-7-4-8-12-17)14-13-16-9-5-3-6-10-16;1-11(2)14(13-9-6-10-15-13)12-7-4-3-5-8-12;1-12(2)14(10-6-7-11-14)13-8-4-3-5-9-13;1-10(2)9-12-11(3)7-6-8-13(12,4)5;1-4-8-13(11(2)3)12-9-6-5-7-10-12;1-9(2)8-10(11)6-4-3-5-7-10/h3-12,15,18H,13-14H2,1-2H3;3-11,14H,1-2H3;3-5,8-9,12H,6-7,10-11H2,1-2H3;10H,6-9H2,1-5H3;5-7,9-11,13H,4,8H2,1-3H3;9,11H,3-8H2,1-2H3. The number of benzene rings is 5. The fraction of sp³-hybridized carbons (Fsp3) is 0.561. The first-order valence-corrected chi connectivity index (χ1v) is 34.7. The van der Waals surface area contributed by atoms with Gasteiger partial charge in [0.25, 0.3) is 0 Å². The van der Waals surface area contributed by atoms with Crippen LogP contribution >= 0.6 is 11.3 Å². The average molecular weight is 1160 g/mol. The van der Waals surface area contributed by atoms with Crippen LogP contribution in [0.3, 0.4) is 0 Å². The van der Waals surface area contributed by atoms with Crippen LogP contribution in [0.4, 0.5) is 0 Å². The second-order valence-corrected chi connectivity index (χ2v) is 29.3. The van der Waals surface area contributed by atoms with Gasteiger partial charge in [-0.2, -0.15) is 0 Å². The zero-order chi connectivity index (χ0) is 61.5. The number of hydrogen-bond donors (Lipinski definition) is 1. The molecule has 0 bridgehead atoms. The Morgan fingerprint density at radius 3 is 1.36 bits per heavy atom. The zero-order valence-corrected chi connectivity index (χ0v) is 57.3. The van der Waals surface area contributed by atoms with Crippen LogP contribution in [-0.4, -0.2) is 10.7 Å². The summed E-state index contributed by atoms with van der Waals surface area (Å²) in [5, 5.41) is 12.2. The third-order valence-corrected chi connectivity index (χ3v) is 19.7. The van der Waals surface area contributed by atoms with Gasteiger partial charge in [0.05, 0.1) is 5.60 Å². The molecule has 0 saturated heterocycles. The maximum atomic E-state index is 10.0. The van der Waals surface area contributed by atoms with Gasteiger partial charge >= 0.3 is 0 Å². The first-order chi connectivity index (χ1) is 40.1. The lowest BCUT2D eigenvalue weighted by molar-refractivity contribution is -0.0139. The van der Waals surface area contributed by atoms with Crippen molar-refractivity contribution in [2.24, 2.45) is 40.9 Å². The van der Waals surface area contributed by atoms with E-state index in [0.29, 0.717) is 40.4 Å². The molecule has 2 saturated carbocycles. The maximum Gasteiger partial charge on any atom is 0.0650 e. The molecule has 2 fully saturated rings. The summed E-state index contributed by atoms with van der Waals surface area (Å²) >= 11 is 1.85. The molecule has 1 N–H and O–H groups in total. The van der Waals surface area contributed by atoms with E-state index in [4.69, 9.17) is 0 Å². The van der Waals surface area contributed by atoms with Crippen molar-refractivity contribution < 1.29 is 5.11 Å². The summed E-state index contributed by atoms with van der Waals surface area (Å²) in [6, 6.07) is 58.8. The van der Waals surface area contributed by atoms with Gasteiger partial charge in [0.15, 0.2) is 0 Å². The second-order valence-electron chi connectivity index (χ2n) is 28.3. The van der Waals surface area contributed by atoms with Crippen LogP contribution in [0.25, 0.3) is 0 Å². The Bertz CT molecular complexity index is 2570. The molecule has 84 heavy (non-hydrogen) atoms. The van der Waals surface area contributed by atoms with Gasteiger partial charge in [0, 0.05) is 10.8 Å². The molecular formula is C82H122OS. The first-order valence-electron chi connectivity index (χ1n) is 33.8. The Kier molecular flexibility index (Phi) is 32.5. The molecule has 3 aliphatic rings. The summed E-state index contributed by atoms with van der Waals surface area (Å²) in [7, 11) is 0. The van der Waals surface area contributed by atoms with Crippen LogP contribution in [0.1, 0.15) is 270 Å². The highest BCUT2D eigenvalue weighted by Gasteiger charge is 2.38. The Balaban J connectivity index is 0.000000218. The van der Waals surface area contributed by atoms with Crippen LogP contribution in [0.5, 0.6) is 0 Å². The van der Waals surface area contributed by atoms with E-state index in [1.165, 1.54) is 123 Å². The predicted octanol–water partition coefficient (Wildman–Crippen LogP) is 25.3. The molecule has 6 aromatic rings. The molecule has 1 heterocycles. The van der Waals surface area contributed by atoms with E-state index in [1.807, 2.05) is 11.3 Å². The highest BCUT2D eigenvalue weighted by molar-refractivity contribution is 7.10. The molecule has 3 atom stereocenters. The van der Waals surface area contributed by atoms with Gasteiger partial charge in [-0.15, -0.1) is 11.3 Å². The number of aryl methyl sites for hydroxylation is 1. The third kappa shape index (κ3) is 24.7. The molecular weight excluding hydrogens is 1030 g/mol. The Hall–Kier alpha value is -4.50. The normalized spacial score (nSPS) is 17.1. The van der Waals surface area contributed by atoms with Gasteiger partial charge in [-0.3, -0.25) is 0 Å². The Labute approximate surface area is 522 Å². The minimum atomic E-state index is -0.299. The van der Waals surface area contributed by atoms with E-state index < -0.39 is 0 Å². The fourth-order valence-corrected chi connectivity index (χ4v) is 15.2. The predicted molar refractivity (Wildman–Crippen MR) is 374 cm³/mol. The van der Waals surface area contributed by atoms with Gasteiger partial charge < -0.3 is 5.11 Å². The minimum absolute atomic E-state index is 0.299. The number of hydrogen-bond acceptors (Lipinski definition) is 2. The van der Waals surface area contributed by atoms with Crippen molar-refractivity contribution >= 4 is 11.3 Å². The van der Waals surface area contributed by atoms with Crippen molar-refractivity contribution in [1.82, 2.24) is 0 Å². The molecule has 0 amide bonds. The largest absolute Gasteiger partial charge is 0.390 e. The van der Waals surface area contributed by atoms with E-state index in [1.54, 1.807) is 16.7 Å². The van der Waals surface area contributed by atoms with Crippen molar-refractivity contribution in [2.75, 3.05) is 0 Å². The van der Waals surface area contributed by atoms with Crippen molar-refractivity contribution in [2.45, 2.75) is 255 Å². The molecule has 0 spiro atoms. The smallest absolute Gasteiger partial charge is 0.0650 e. The molecule has 5 aromatic carbocycles. The topological polar surface area (TPSA) is 20.2 Å². The van der Waals surface area contributed by atoms with Crippen LogP contribution < -0.4 is 0 Å². The van der Waals surface area contributed by atoms with Crippen LogP contribution in [0.15, 0.2) is 180 Å². The molecule has 1 aromatic heterocycles. The van der Waals surface area contributed by atoms with Gasteiger partial charge in [0.1, 0.15) is 0 Å². The number of rotatable bonds is 18. The summed E-state index contributed by atoms with van der Waals surface area (Å²) < 4.78 is 0. The lowest BCUT2D eigenvalue weighted by Crippen LogP contribution is -2.32. The van der Waals surface area contributed by atoms with Crippen molar-refractivity contribution in [1.29, 1.82) is 0 Å². The molecule has 2 heteroatoms. The van der Waals surface area contributed by atoms with Crippen molar-refractivity contribution in [3.8, 4) is 0 Å². The van der Waals surface area contributed by atoms with E-state index in [-0.39, 0.29) is 5.60 Å². The van der Waals surface area contributed by atoms with E-state index in [9.17, 15) is 5.11 Å². The van der Waals surface area contributed by atoms with Crippen LogP contribution in [0, 0.1) is 40.9 Å². The summed E-state index contributed by atoms with van der Waals surface area (Å²) in [5.74, 6) is 6.25. The minimum Gasteiger partial charge on any atom is -0.390 e. The highest BCUT2D eigenvalue weighted by atomic mass is 32.1. The maximum absolute atomic E-state index is 10.0. The molecule has 462 valence electrons. The fourth-order valence-electron chi connectivity index (χ4n) is 14.1. The lowest BCUT2D eigenvalue weighted by Gasteiger charge is -2.35. The molecule has 0 aliphatic heterocycles. The Morgan fingerprint density at radius 1 is 0.476 bits per heavy atom. The molecule has 3 aliphatic carbocycles. The number of thiophene rings is 1. The lowest BCUT2D eigenvalue weighted by atomic mass is 9.70. The number of aliphatic hydroxyl groups is 1. The van der Waals surface area contributed by atoms with E-state index in [2.05, 4.69) is 280 Å². The summed E-state index contributed by atoms with van der Waals surface area (Å²) in [4.78, 5) is 1.47. The summed E-state index contributed by atoms with van der Waals surface area (Å²) in [6.45, 7) is 37.0. The van der Waals surface area contributed by atoms with E-state index >= 15 is 0 Å². The molecule has 9 rings (SSSR count). The highest BCUT2D eigenvalue weighted by Crippen LogP contribution is 2.47. The van der Waals surface area contributed by atoms with E-state index in [0.717, 1.165) is 42.9 Å². The van der Waals surface area contributed by atoms with Gasteiger partial charge in [-0.25, -0.2) is 0 Å².